The molecule has 0 spiro atoms. The molecule has 0 bridgehead atoms. The van der Waals surface area contributed by atoms with Crippen LogP contribution in [0.15, 0.2) is 40.3 Å². The molecule has 0 saturated heterocycles. The van der Waals surface area contributed by atoms with Crippen LogP contribution in [0.3, 0.4) is 0 Å². The molecule has 0 fully saturated rings. The number of ether oxygens (including phenoxy) is 1. The zero-order chi connectivity index (χ0) is 13.5. The van der Waals surface area contributed by atoms with Gasteiger partial charge >= 0.3 is 5.97 Å². The maximum absolute atomic E-state index is 11.4. The number of thiophene rings is 1. The van der Waals surface area contributed by atoms with Gasteiger partial charge in [-0.2, -0.15) is 0 Å². The Morgan fingerprint density at radius 1 is 1.32 bits per heavy atom. The summed E-state index contributed by atoms with van der Waals surface area (Å²) in [5.41, 5.74) is 0. The van der Waals surface area contributed by atoms with Gasteiger partial charge in [0.1, 0.15) is 0 Å². The highest BCUT2D eigenvalue weighted by atomic mass is 32.1. The molecule has 1 N–H and O–H groups in total. The first-order chi connectivity index (χ1) is 9.25. The van der Waals surface area contributed by atoms with Crippen molar-refractivity contribution in [3.8, 4) is 0 Å². The fourth-order valence-electron chi connectivity index (χ4n) is 1.43. The zero-order valence-corrected chi connectivity index (χ0v) is 10.9. The molecule has 0 aliphatic rings. The number of hydrogen-bond donors (Lipinski definition) is 1. The second-order valence-corrected chi connectivity index (χ2v) is 4.76. The first-order valence-electron chi connectivity index (χ1n) is 5.75. The van der Waals surface area contributed by atoms with Crippen molar-refractivity contribution in [2.75, 3.05) is 13.2 Å². The highest BCUT2D eigenvalue weighted by Crippen LogP contribution is 2.08. The summed E-state index contributed by atoms with van der Waals surface area (Å²) in [7, 11) is 0. The molecule has 0 saturated carbocycles. The molecule has 1 amide bonds. The minimum atomic E-state index is -0.640. The average Bonchev–Trinajstić information content (AvgIpc) is 3.08. The normalized spacial score (nSPS) is 10.1. The molecule has 0 aliphatic heterocycles. The number of carbonyl (C=O) groups excluding carboxylic acids is 2. The first kappa shape index (κ1) is 13.4. The molecular formula is C13H13NO4S. The quantitative estimate of drug-likeness (QED) is 0.819. The van der Waals surface area contributed by atoms with E-state index in [1.165, 1.54) is 17.2 Å². The second-order valence-electron chi connectivity index (χ2n) is 3.73. The minimum Gasteiger partial charge on any atom is -0.457 e. The molecule has 0 aromatic carbocycles. The van der Waals surface area contributed by atoms with Crippen LogP contribution in [0.4, 0.5) is 0 Å². The van der Waals surface area contributed by atoms with Crippen molar-refractivity contribution in [3.05, 3.63) is 46.5 Å². The third-order valence-electron chi connectivity index (χ3n) is 2.33. The van der Waals surface area contributed by atoms with Crippen LogP contribution in [-0.4, -0.2) is 25.0 Å². The van der Waals surface area contributed by atoms with Crippen molar-refractivity contribution in [3.63, 3.8) is 0 Å². The topological polar surface area (TPSA) is 68.5 Å². The summed E-state index contributed by atoms with van der Waals surface area (Å²) in [6.07, 6.45) is 2.15. The van der Waals surface area contributed by atoms with Crippen LogP contribution in [0.5, 0.6) is 0 Å². The van der Waals surface area contributed by atoms with E-state index in [-0.39, 0.29) is 18.3 Å². The Labute approximate surface area is 114 Å². The summed E-state index contributed by atoms with van der Waals surface area (Å²) < 4.78 is 9.65. The lowest BCUT2D eigenvalue weighted by Gasteiger charge is -2.04. The van der Waals surface area contributed by atoms with Gasteiger partial charge in [0, 0.05) is 11.4 Å². The number of hydrogen-bond acceptors (Lipinski definition) is 5. The summed E-state index contributed by atoms with van der Waals surface area (Å²) in [5, 5.41) is 4.67. The SMILES string of the molecule is O=C(COC(=O)c1ccco1)NCCc1cccs1. The van der Waals surface area contributed by atoms with E-state index in [0.29, 0.717) is 6.54 Å². The van der Waals surface area contributed by atoms with E-state index >= 15 is 0 Å². The predicted octanol–water partition coefficient (Wildman–Crippen LogP) is 1.86. The summed E-state index contributed by atoms with van der Waals surface area (Å²) in [6, 6.07) is 7.04. The highest BCUT2D eigenvalue weighted by Gasteiger charge is 2.12. The van der Waals surface area contributed by atoms with Gasteiger partial charge in [-0.05, 0) is 30.0 Å². The summed E-state index contributed by atoms with van der Waals surface area (Å²) in [4.78, 5) is 24.0. The first-order valence-corrected chi connectivity index (χ1v) is 6.63. The van der Waals surface area contributed by atoms with Crippen LogP contribution < -0.4 is 5.32 Å². The molecule has 5 nitrogen and oxygen atoms in total. The standard InChI is InChI=1S/C13H13NO4S/c15-12(14-6-5-10-3-2-8-19-10)9-18-13(16)11-4-1-7-17-11/h1-4,7-8H,5-6,9H2,(H,14,15). The number of amides is 1. The zero-order valence-electron chi connectivity index (χ0n) is 10.1. The molecule has 0 atom stereocenters. The van der Waals surface area contributed by atoms with Crippen molar-refractivity contribution >= 4 is 23.2 Å². The number of rotatable bonds is 6. The Balaban J connectivity index is 1.63. The Bertz CT molecular complexity index is 519. The Morgan fingerprint density at radius 3 is 2.89 bits per heavy atom. The third-order valence-corrected chi connectivity index (χ3v) is 3.27. The number of esters is 1. The van der Waals surface area contributed by atoms with Gasteiger partial charge in [0.05, 0.1) is 6.26 Å². The fourth-order valence-corrected chi connectivity index (χ4v) is 2.14. The van der Waals surface area contributed by atoms with Gasteiger partial charge in [0.2, 0.25) is 5.76 Å². The second kappa shape index (κ2) is 6.75. The molecule has 6 heteroatoms. The van der Waals surface area contributed by atoms with Crippen LogP contribution in [0.25, 0.3) is 0 Å². The van der Waals surface area contributed by atoms with Gasteiger partial charge in [-0.15, -0.1) is 11.3 Å². The molecule has 2 aromatic rings. The largest absolute Gasteiger partial charge is 0.457 e. The van der Waals surface area contributed by atoms with Crippen molar-refractivity contribution < 1.29 is 18.7 Å². The molecule has 2 aromatic heterocycles. The lowest BCUT2D eigenvalue weighted by Crippen LogP contribution is -2.30. The fraction of sp³-hybridized carbons (Fsp3) is 0.231. The van der Waals surface area contributed by atoms with Crippen LogP contribution in [-0.2, 0) is 16.0 Å². The van der Waals surface area contributed by atoms with Crippen LogP contribution in [0, 0.1) is 0 Å². The number of furan rings is 1. The van der Waals surface area contributed by atoms with Gasteiger partial charge in [-0.25, -0.2) is 4.79 Å². The molecule has 19 heavy (non-hydrogen) atoms. The molecule has 0 unspecified atom stereocenters. The molecule has 0 radical (unpaired) electrons. The number of carbonyl (C=O) groups is 2. The minimum absolute atomic E-state index is 0.0892. The van der Waals surface area contributed by atoms with Crippen LogP contribution >= 0.6 is 11.3 Å². The van der Waals surface area contributed by atoms with Crippen LogP contribution in [0.1, 0.15) is 15.4 Å². The van der Waals surface area contributed by atoms with Gasteiger partial charge in [-0.3, -0.25) is 4.79 Å². The predicted molar refractivity (Wildman–Crippen MR) is 70.0 cm³/mol. The van der Waals surface area contributed by atoms with Gasteiger partial charge in [0.15, 0.2) is 6.61 Å². The average molecular weight is 279 g/mol. The van der Waals surface area contributed by atoms with Crippen molar-refractivity contribution in [2.24, 2.45) is 0 Å². The van der Waals surface area contributed by atoms with Crippen LogP contribution in [0.2, 0.25) is 0 Å². The van der Waals surface area contributed by atoms with Gasteiger partial charge in [0.25, 0.3) is 5.91 Å². The lowest BCUT2D eigenvalue weighted by molar-refractivity contribution is -0.124. The van der Waals surface area contributed by atoms with E-state index in [4.69, 9.17) is 9.15 Å². The van der Waals surface area contributed by atoms with Crippen molar-refractivity contribution in [1.29, 1.82) is 0 Å². The van der Waals surface area contributed by atoms with E-state index in [0.717, 1.165) is 6.42 Å². The molecule has 2 heterocycles. The Kier molecular flexibility index (Phi) is 4.74. The molecule has 100 valence electrons. The lowest BCUT2D eigenvalue weighted by atomic mass is 10.3. The Hall–Kier alpha value is -2.08. The maximum atomic E-state index is 11.4. The van der Waals surface area contributed by atoms with E-state index in [9.17, 15) is 9.59 Å². The monoisotopic (exact) mass is 279 g/mol. The summed E-state index contributed by atoms with van der Waals surface area (Å²) >= 11 is 1.64. The van der Waals surface area contributed by atoms with E-state index in [1.807, 2.05) is 17.5 Å². The van der Waals surface area contributed by atoms with Crippen molar-refractivity contribution in [1.82, 2.24) is 5.32 Å². The summed E-state index contributed by atoms with van der Waals surface area (Å²) in [5.74, 6) is -0.874. The smallest absolute Gasteiger partial charge is 0.374 e. The molecule has 2 rings (SSSR count). The van der Waals surface area contributed by atoms with Crippen molar-refractivity contribution in [2.45, 2.75) is 6.42 Å². The maximum Gasteiger partial charge on any atom is 0.374 e. The Morgan fingerprint density at radius 2 is 2.21 bits per heavy atom. The molecular weight excluding hydrogens is 266 g/mol. The van der Waals surface area contributed by atoms with Gasteiger partial charge in [-0.1, -0.05) is 6.07 Å². The highest BCUT2D eigenvalue weighted by molar-refractivity contribution is 7.09. The van der Waals surface area contributed by atoms with E-state index < -0.39 is 5.97 Å². The third kappa shape index (κ3) is 4.26. The van der Waals surface area contributed by atoms with Gasteiger partial charge < -0.3 is 14.5 Å². The molecule has 0 aliphatic carbocycles. The number of nitrogens with one attached hydrogen (secondary N) is 1. The van der Waals surface area contributed by atoms with E-state index in [1.54, 1.807) is 17.4 Å². The summed E-state index contributed by atoms with van der Waals surface area (Å²) in [6.45, 7) is 0.224. The van der Waals surface area contributed by atoms with E-state index in [2.05, 4.69) is 5.32 Å².